The highest BCUT2D eigenvalue weighted by Gasteiger charge is 2.29. The van der Waals surface area contributed by atoms with Crippen LogP contribution >= 0.6 is 0 Å². The zero-order valence-corrected chi connectivity index (χ0v) is 16.5. The van der Waals surface area contributed by atoms with Crippen LogP contribution in [0.15, 0.2) is 60.8 Å². The first-order valence-electron chi connectivity index (χ1n) is 10.00. The first kappa shape index (κ1) is 19.2. The zero-order valence-electron chi connectivity index (χ0n) is 16.5. The number of hydrogen-bond donors (Lipinski definition) is 2. The molecule has 29 heavy (non-hydrogen) atoms. The molecule has 0 spiro atoms. The van der Waals surface area contributed by atoms with Gasteiger partial charge >= 0.3 is 0 Å². The minimum absolute atomic E-state index is 0.115. The average molecular weight is 390 g/mol. The predicted octanol–water partition coefficient (Wildman–Crippen LogP) is 3.41. The van der Waals surface area contributed by atoms with Crippen molar-refractivity contribution in [2.75, 3.05) is 13.7 Å². The lowest BCUT2D eigenvalue weighted by Crippen LogP contribution is -2.39. The Hall–Kier alpha value is -3.12. The van der Waals surface area contributed by atoms with Crippen LogP contribution in [0.5, 0.6) is 5.75 Å². The molecule has 1 amide bonds. The Morgan fingerprint density at radius 3 is 2.79 bits per heavy atom. The molecule has 6 nitrogen and oxygen atoms in total. The molecule has 1 aromatic heterocycles. The second-order valence-electron chi connectivity index (χ2n) is 7.41. The number of carbonyl (C=O) groups excluding carboxylic acids is 1. The van der Waals surface area contributed by atoms with E-state index in [0.717, 1.165) is 36.3 Å². The van der Waals surface area contributed by atoms with E-state index in [1.54, 1.807) is 18.0 Å². The standard InChI is InChI=1S/C23H26N4O2/c1-29-19-11-5-7-16(13-19)22-20(15-27(26-22)18-9-3-2-4-10-18)23(28)25-21-12-6-8-17(21)14-24/h2-5,7,9-11,13,15,17,21H,6,8,12,14,24H2,1H3,(H,25,28). The Kier molecular flexibility index (Phi) is 5.62. The summed E-state index contributed by atoms with van der Waals surface area (Å²) in [6.07, 6.45) is 4.92. The van der Waals surface area contributed by atoms with Crippen molar-refractivity contribution in [2.45, 2.75) is 25.3 Å². The minimum atomic E-state index is -0.115. The normalized spacial score (nSPS) is 18.6. The summed E-state index contributed by atoms with van der Waals surface area (Å²) in [5.74, 6) is 0.945. The molecule has 6 heteroatoms. The van der Waals surface area contributed by atoms with E-state index in [4.69, 9.17) is 15.6 Å². The van der Waals surface area contributed by atoms with Gasteiger partial charge in [0.15, 0.2) is 0 Å². The summed E-state index contributed by atoms with van der Waals surface area (Å²) in [4.78, 5) is 13.2. The van der Waals surface area contributed by atoms with E-state index in [2.05, 4.69) is 5.32 Å². The van der Waals surface area contributed by atoms with Crippen LogP contribution in [0.4, 0.5) is 0 Å². The van der Waals surface area contributed by atoms with Crippen LogP contribution in [-0.4, -0.2) is 35.4 Å². The first-order valence-corrected chi connectivity index (χ1v) is 10.00. The maximum atomic E-state index is 13.2. The monoisotopic (exact) mass is 390 g/mol. The number of nitrogens with one attached hydrogen (secondary N) is 1. The molecule has 0 bridgehead atoms. The SMILES string of the molecule is COc1cccc(-c2nn(-c3ccccc3)cc2C(=O)NC2CCCC2CN)c1. The summed E-state index contributed by atoms with van der Waals surface area (Å²) in [6, 6.07) is 17.5. The van der Waals surface area contributed by atoms with Gasteiger partial charge in [0.1, 0.15) is 11.4 Å². The molecule has 3 N–H and O–H groups in total. The second kappa shape index (κ2) is 8.49. The lowest BCUT2D eigenvalue weighted by Gasteiger charge is -2.19. The van der Waals surface area contributed by atoms with Gasteiger partial charge in [-0.05, 0) is 49.6 Å². The number of nitrogens with two attached hydrogens (primary N) is 1. The van der Waals surface area contributed by atoms with Gasteiger partial charge < -0.3 is 15.8 Å². The van der Waals surface area contributed by atoms with Gasteiger partial charge in [-0.1, -0.05) is 36.8 Å². The topological polar surface area (TPSA) is 82.2 Å². The number of aromatic nitrogens is 2. The molecule has 0 radical (unpaired) electrons. The molecule has 1 aliphatic carbocycles. The van der Waals surface area contributed by atoms with E-state index in [9.17, 15) is 4.79 Å². The van der Waals surface area contributed by atoms with Gasteiger partial charge in [-0.3, -0.25) is 4.79 Å². The van der Waals surface area contributed by atoms with Gasteiger partial charge in [-0.2, -0.15) is 5.10 Å². The number of amides is 1. The van der Waals surface area contributed by atoms with Crippen molar-refractivity contribution in [1.29, 1.82) is 0 Å². The van der Waals surface area contributed by atoms with Crippen LogP contribution in [0.2, 0.25) is 0 Å². The third kappa shape index (κ3) is 4.03. The molecule has 0 saturated heterocycles. The fraction of sp³-hybridized carbons (Fsp3) is 0.304. The highest BCUT2D eigenvalue weighted by atomic mass is 16.5. The van der Waals surface area contributed by atoms with Crippen molar-refractivity contribution >= 4 is 5.91 Å². The number of carbonyl (C=O) groups is 1. The molecule has 0 aliphatic heterocycles. The number of benzene rings is 2. The summed E-state index contributed by atoms with van der Waals surface area (Å²) in [6.45, 7) is 0.594. The lowest BCUT2D eigenvalue weighted by molar-refractivity contribution is 0.0929. The van der Waals surface area contributed by atoms with Crippen molar-refractivity contribution in [3.05, 3.63) is 66.4 Å². The Balaban J connectivity index is 1.72. The van der Waals surface area contributed by atoms with Crippen LogP contribution in [0, 0.1) is 5.92 Å². The Bertz CT molecular complexity index is 984. The highest BCUT2D eigenvalue weighted by Crippen LogP contribution is 2.29. The van der Waals surface area contributed by atoms with Gasteiger partial charge in [0.2, 0.25) is 0 Å². The second-order valence-corrected chi connectivity index (χ2v) is 7.41. The van der Waals surface area contributed by atoms with Gasteiger partial charge in [-0.15, -0.1) is 0 Å². The number of nitrogens with zero attached hydrogens (tertiary/aromatic N) is 2. The smallest absolute Gasteiger partial charge is 0.255 e. The Morgan fingerprint density at radius 1 is 1.21 bits per heavy atom. The average Bonchev–Trinajstić information content (AvgIpc) is 3.41. The first-order chi connectivity index (χ1) is 14.2. The number of para-hydroxylation sites is 1. The Labute approximate surface area is 170 Å². The predicted molar refractivity (Wildman–Crippen MR) is 113 cm³/mol. The van der Waals surface area contributed by atoms with Crippen LogP contribution in [-0.2, 0) is 0 Å². The molecule has 4 rings (SSSR count). The van der Waals surface area contributed by atoms with Gasteiger partial charge in [0.05, 0.1) is 18.4 Å². The zero-order chi connectivity index (χ0) is 20.2. The molecule has 1 heterocycles. The Morgan fingerprint density at radius 2 is 2.03 bits per heavy atom. The number of rotatable bonds is 6. The minimum Gasteiger partial charge on any atom is -0.497 e. The molecule has 1 aliphatic rings. The number of ether oxygens (including phenoxy) is 1. The van der Waals surface area contributed by atoms with Gasteiger partial charge in [0, 0.05) is 17.8 Å². The van der Waals surface area contributed by atoms with E-state index in [1.807, 2.05) is 54.6 Å². The van der Waals surface area contributed by atoms with Gasteiger partial charge in [0.25, 0.3) is 5.91 Å². The summed E-state index contributed by atoms with van der Waals surface area (Å²) >= 11 is 0. The molecule has 2 aromatic carbocycles. The van der Waals surface area contributed by atoms with E-state index < -0.39 is 0 Å². The molecular formula is C23H26N4O2. The molecule has 3 aromatic rings. The van der Waals surface area contributed by atoms with E-state index >= 15 is 0 Å². The van der Waals surface area contributed by atoms with Crippen LogP contribution in [0.3, 0.4) is 0 Å². The number of hydrogen-bond acceptors (Lipinski definition) is 4. The number of methoxy groups -OCH3 is 1. The summed E-state index contributed by atoms with van der Waals surface area (Å²) < 4.78 is 7.10. The lowest BCUT2D eigenvalue weighted by atomic mass is 10.0. The summed E-state index contributed by atoms with van der Waals surface area (Å²) in [7, 11) is 1.63. The van der Waals surface area contributed by atoms with Gasteiger partial charge in [-0.25, -0.2) is 4.68 Å². The molecular weight excluding hydrogens is 364 g/mol. The molecule has 2 unspecified atom stereocenters. The van der Waals surface area contributed by atoms with Crippen molar-refractivity contribution in [3.63, 3.8) is 0 Å². The maximum Gasteiger partial charge on any atom is 0.255 e. The van der Waals surface area contributed by atoms with E-state index in [1.165, 1.54) is 0 Å². The van der Waals surface area contributed by atoms with Crippen molar-refractivity contribution in [3.8, 4) is 22.7 Å². The van der Waals surface area contributed by atoms with Crippen molar-refractivity contribution in [2.24, 2.45) is 11.7 Å². The van der Waals surface area contributed by atoms with Crippen LogP contribution in [0.1, 0.15) is 29.6 Å². The molecule has 1 saturated carbocycles. The quantitative estimate of drug-likeness (QED) is 0.676. The van der Waals surface area contributed by atoms with E-state index in [0.29, 0.717) is 23.7 Å². The molecule has 2 atom stereocenters. The van der Waals surface area contributed by atoms with Crippen LogP contribution < -0.4 is 15.8 Å². The largest absolute Gasteiger partial charge is 0.497 e. The highest BCUT2D eigenvalue weighted by molar-refractivity contribution is 6.00. The fourth-order valence-electron chi connectivity index (χ4n) is 3.99. The molecule has 150 valence electrons. The third-order valence-electron chi connectivity index (χ3n) is 5.60. The maximum absolute atomic E-state index is 13.2. The van der Waals surface area contributed by atoms with E-state index in [-0.39, 0.29) is 11.9 Å². The van der Waals surface area contributed by atoms with Crippen LogP contribution in [0.25, 0.3) is 16.9 Å². The molecule has 1 fully saturated rings. The third-order valence-corrected chi connectivity index (χ3v) is 5.60. The summed E-state index contributed by atoms with van der Waals surface area (Å²) in [5, 5.41) is 7.93. The van der Waals surface area contributed by atoms with Crippen molar-refractivity contribution in [1.82, 2.24) is 15.1 Å². The fourth-order valence-corrected chi connectivity index (χ4v) is 3.99. The summed E-state index contributed by atoms with van der Waals surface area (Å²) in [5.41, 5.74) is 8.81. The van der Waals surface area contributed by atoms with Crippen molar-refractivity contribution < 1.29 is 9.53 Å².